The molecule has 0 aromatic carbocycles. The van der Waals surface area contributed by atoms with Crippen molar-refractivity contribution in [2.24, 2.45) is 5.73 Å². The van der Waals surface area contributed by atoms with E-state index in [9.17, 15) is 19.2 Å². The second-order valence-electron chi connectivity index (χ2n) is 6.98. The monoisotopic (exact) mass is 522 g/mol. The summed E-state index contributed by atoms with van der Waals surface area (Å²) >= 11 is 9.60. The largest absolute Gasteiger partial charge is 0.480 e. The third-order valence-corrected chi connectivity index (χ3v) is 4.14. The second-order valence-corrected chi connectivity index (χ2v) is 7.68. The first-order valence-corrected chi connectivity index (χ1v) is 11.2. The number of hydrogen-bond acceptors (Lipinski definition) is 11. The van der Waals surface area contributed by atoms with Crippen molar-refractivity contribution in [1.29, 1.82) is 0 Å². The number of halogens is 1. The average Bonchev–Trinajstić information content (AvgIpc) is 2.73. The normalized spacial score (nSPS) is 12.0. The Bertz CT molecular complexity index is 832. The lowest BCUT2D eigenvalue weighted by Crippen LogP contribution is -2.49. The van der Waals surface area contributed by atoms with Crippen LogP contribution in [0.15, 0.2) is 0 Å². The molecule has 1 aromatic rings. The number of aromatic nitrogens is 3. The Labute approximate surface area is 207 Å². The molecule has 14 nitrogen and oxygen atoms in total. The zero-order valence-electron chi connectivity index (χ0n) is 19.0. The minimum absolute atomic E-state index is 0.0256. The van der Waals surface area contributed by atoms with Crippen LogP contribution < -0.4 is 27.0 Å². The molecule has 8 N–H and O–H groups in total. The third kappa shape index (κ3) is 14.3. The van der Waals surface area contributed by atoms with Crippen molar-refractivity contribution in [3.63, 3.8) is 0 Å². The van der Waals surface area contributed by atoms with Crippen LogP contribution >= 0.6 is 24.2 Å². The summed E-state index contributed by atoms with van der Waals surface area (Å²) in [5, 5.41) is 27.6. The number of carboxylic acid groups (broad SMARTS) is 2. The van der Waals surface area contributed by atoms with E-state index in [1.807, 2.05) is 20.8 Å². The first-order valence-electron chi connectivity index (χ1n) is 10.2. The average molecular weight is 523 g/mol. The predicted octanol–water partition coefficient (Wildman–Crippen LogP) is -0.429. The maximum atomic E-state index is 11.5. The number of hydrogen-bond donors (Lipinski definition) is 8. The van der Waals surface area contributed by atoms with Gasteiger partial charge in [0.2, 0.25) is 29.0 Å². The van der Waals surface area contributed by atoms with Crippen LogP contribution in [0.1, 0.15) is 33.6 Å². The number of carboxylic acids is 2. The molecule has 0 bridgehead atoms. The second kappa shape index (κ2) is 16.7. The smallest absolute Gasteiger partial charge is 0.322 e. The summed E-state index contributed by atoms with van der Waals surface area (Å²) in [5.41, 5.74) is 5.23. The number of anilines is 2. The highest BCUT2D eigenvalue weighted by atomic mass is 35.5. The van der Waals surface area contributed by atoms with Gasteiger partial charge in [0.05, 0.1) is 0 Å². The summed E-state index contributed by atoms with van der Waals surface area (Å²) < 4.78 is 0. The molecule has 1 heterocycles. The van der Waals surface area contributed by atoms with Crippen molar-refractivity contribution in [2.75, 3.05) is 29.5 Å². The van der Waals surface area contributed by atoms with E-state index in [4.69, 9.17) is 27.5 Å². The molecule has 1 aromatic heterocycles. The molecule has 0 unspecified atom stereocenters. The van der Waals surface area contributed by atoms with E-state index in [0.29, 0.717) is 11.9 Å². The third-order valence-electron chi connectivity index (χ3n) is 3.61. The minimum Gasteiger partial charge on any atom is -0.480 e. The van der Waals surface area contributed by atoms with E-state index >= 15 is 0 Å². The molecule has 0 saturated heterocycles. The lowest BCUT2D eigenvalue weighted by Gasteiger charge is -2.16. The Morgan fingerprint density at radius 1 is 1.12 bits per heavy atom. The number of thiol groups is 1. The highest BCUT2D eigenvalue weighted by Gasteiger charge is 2.21. The van der Waals surface area contributed by atoms with Gasteiger partial charge >= 0.3 is 11.9 Å². The van der Waals surface area contributed by atoms with Crippen LogP contribution in [0.3, 0.4) is 0 Å². The van der Waals surface area contributed by atoms with Gasteiger partial charge in [-0.3, -0.25) is 19.2 Å². The van der Waals surface area contributed by atoms with Gasteiger partial charge < -0.3 is 37.2 Å². The maximum Gasteiger partial charge on any atom is 0.322 e. The molecule has 192 valence electrons. The van der Waals surface area contributed by atoms with Crippen LogP contribution in [0.4, 0.5) is 11.9 Å². The van der Waals surface area contributed by atoms with Gasteiger partial charge in [0.15, 0.2) is 0 Å². The van der Waals surface area contributed by atoms with Crippen LogP contribution in [0.25, 0.3) is 0 Å². The number of rotatable bonds is 13. The molecule has 2 amide bonds. The fourth-order valence-electron chi connectivity index (χ4n) is 2.07. The molecule has 0 spiro atoms. The van der Waals surface area contributed by atoms with Gasteiger partial charge in [0, 0.05) is 24.8 Å². The van der Waals surface area contributed by atoms with Crippen molar-refractivity contribution in [1.82, 2.24) is 25.6 Å². The van der Waals surface area contributed by atoms with Gasteiger partial charge in [-0.1, -0.05) is 0 Å². The van der Waals surface area contributed by atoms with E-state index in [1.54, 1.807) is 0 Å². The first-order chi connectivity index (χ1) is 15.9. The number of carbonyl (C=O) groups is 4. The molecule has 0 fully saturated rings. The number of aliphatic carboxylic acids is 2. The van der Waals surface area contributed by atoms with Gasteiger partial charge in [0.1, 0.15) is 18.6 Å². The molecule has 16 heteroatoms. The lowest BCUT2D eigenvalue weighted by atomic mass is 10.1. The predicted molar refractivity (Wildman–Crippen MR) is 129 cm³/mol. The summed E-state index contributed by atoms with van der Waals surface area (Å²) in [5.74, 6) is -2.71. The van der Waals surface area contributed by atoms with Gasteiger partial charge in [-0.2, -0.15) is 27.6 Å². The Kier molecular flexibility index (Phi) is 15.2. The van der Waals surface area contributed by atoms with Crippen LogP contribution in [-0.4, -0.2) is 85.9 Å². The molecule has 0 radical (unpaired) electrons. The molecular weight excluding hydrogens is 492 g/mol. The summed E-state index contributed by atoms with van der Waals surface area (Å²) in [6.07, 6.45) is -0.235. The van der Waals surface area contributed by atoms with Crippen LogP contribution in [0.5, 0.6) is 0 Å². The van der Waals surface area contributed by atoms with Gasteiger partial charge in [0.25, 0.3) is 0 Å². The number of carbonyl (C=O) groups excluding carboxylic acids is 2. The highest BCUT2D eigenvalue weighted by molar-refractivity contribution is 7.80. The van der Waals surface area contributed by atoms with Crippen LogP contribution in [0.2, 0.25) is 5.28 Å². The molecule has 2 atom stereocenters. The summed E-state index contributed by atoms with van der Waals surface area (Å²) in [4.78, 5) is 55.7. The van der Waals surface area contributed by atoms with E-state index < -0.39 is 42.4 Å². The first kappa shape index (κ1) is 31.1. The zero-order valence-corrected chi connectivity index (χ0v) is 20.7. The van der Waals surface area contributed by atoms with Crippen LogP contribution in [0, 0.1) is 0 Å². The molecule has 1 rings (SSSR count). The summed E-state index contributed by atoms with van der Waals surface area (Å²) in [6, 6.07) is -1.88. The summed E-state index contributed by atoms with van der Waals surface area (Å²) in [7, 11) is 0. The Morgan fingerprint density at radius 3 is 2.24 bits per heavy atom. The van der Waals surface area contributed by atoms with Gasteiger partial charge in [-0.05, 0) is 38.8 Å². The molecular formula is C18H31ClN8O6S. The van der Waals surface area contributed by atoms with E-state index in [-0.39, 0.29) is 29.9 Å². The van der Waals surface area contributed by atoms with Crippen LogP contribution in [-0.2, 0) is 19.2 Å². The number of nitrogens with two attached hydrogens (primary N) is 1. The number of amides is 2. The zero-order chi connectivity index (χ0) is 26.3. The SMILES string of the molecule is CCNc1nc(Cl)nc(NC(C)C)n1.N[C@@H](CCC(=O)N[C@@H](CS)C(=O)NCC(=O)O)C(=O)O. The fraction of sp³-hybridized carbons (Fsp3) is 0.611. The Hall–Kier alpha value is -2.91. The standard InChI is InChI=1S/C10H17N3O6S.C8H14ClN5/c11-5(10(18)19)1-2-7(14)13-6(4-20)9(17)12-3-8(15)16;1-4-10-7-12-6(9)13-8(14-7)11-5(2)3/h5-6,20H,1-4,11H2,(H,12,17)(H,13,14)(H,15,16)(H,18,19);5H,4H2,1-3H3,(H2,10,11,12,13,14)/t5-,6-;/m0./s1. The van der Waals surface area contributed by atoms with E-state index in [2.05, 4.69) is 48.8 Å². The quantitative estimate of drug-likeness (QED) is 0.154. The number of nitrogens with one attached hydrogen (secondary N) is 4. The lowest BCUT2D eigenvalue weighted by molar-refractivity contribution is -0.139. The maximum absolute atomic E-state index is 11.5. The fourth-order valence-corrected chi connectivity index (χ4v) is 2.48. The molecule has 0 saturated carbocycles. The van der Waals surface area contributed by atoms with Crippen molar-refractivity contribution in [3.05, 3.63) is 5.28 Å². The van der Waals surface area contributed by atoms with E-state index in [1.165, 1.54) is 0 Å². The Balaban J connectivity index is 0.000000679. The van der Waals surface area contributed by atoms with Gasteiger partial charge in [-0.25, -0.2) is 0 Å². The summed E-state index contributed by atoms with van der Waals surface area (Å²) in [6.45, 7) is 6.16. The van der Waals surface area contributed by atoms with E-state index in [0.717, 1.165) is 6.54 Å². The van der Waals surface area contributed by atoms with Crippen molar-refractivity contribution in [2.45, 2.75) is 51.7 Å². The molecule has 0 aliphatic heterocycles. The molecule has 34 heavy (non-hydrogen) atoms. The van der Waals surface area contributed by atoms with Crippen molar-refractivity contribution >= 4 is 59.9 Å². The Morgan fingerprint density at radius 2 is 1.74 bits per heavy atom. The van der Waals surface area contributed by atoms with Crippen molar-refractivity contribution in [3.8, 4) is 0 Å². The van der Waals surface area contributed by atoms with Gasteiger partial charge in [-0.15, -0.1) is 0 Å². The minimum atomic E-state index is -1.22. The topological polar surface area (TPSA) is 222 Å². The number of nitrogens with zero attached hydrogens (tertiary/aromatic N) is 3. The molecule has 0 aliphatic carbocycles. The highest BCUT2D eigenvalue weighted by Crippen LogP contribution is 2.09. The molecule has 0 aliphatic rings. The van der Waals surface area contributed by atoms with Crippen molar-refractivity contribution < 1.29 is 29.4 Å².